The van der Waals surface area contributed by atoms with E-state index >= 15 is 0 Å². The molecule has 0 spiro atoms. The van der Waals surface area contributed by atoms with Crippen LogP contribution < -0.4 is 5.32 Å². The predicted molar refractivity (Wildman–Crippen MR) is 153 cm³/mol. The lowest BCUT2D eigenvalue weighted by Gasteiger charge is -2.05. The highest BCUT2D eigenvalue weighted by molar-refractivity contribution is 5.88. The Hall–Kier alpha value is -1.31. The zero-order chi connectivity index (χ0) is 26.6. The second-order valence-electron chi connectivity index (χ2n) is 10.3. The standard InChI is InChI=1S/C31H57NO.2H2/c1-6-7-8-9-10-11-12-13-14-15-16-17-18-19-26-32-31(33)27-30(5)25-21-24-29(4)23-20-22-28(2)3;;/h22,24,27H,6-21,23,25-26H2,1-5H3,(H,32,33);2*1H/b29-24+,30-27+;;/i;1+2D;1+2. The second-order valence-corrected chi connectivity index (χ2v) is 10.3. The number of hydrogen-bond acceptors (Lipinski definition) is 1. The van der Waals surface area contributed by atoms with E-state index in [2.05, 4.69) is 52.1 Å². The smallest absolute Gasteiger partial charge is 0.243 e. The van der Waals surface area contributed by atoms with Crippen molar-refractivity contribution in [3.05, 3.63) is 34.9 Å². The quantitative estimate of drug-likeness (QED) is 0.0955. The van der Waals surface area contributed by atoms with Crippen LogP contribution in [-0.4, -0.2) is 12.5 Å². The minimum absolute atomic E-state index is 0. The van der Waals surface area contributed by atoms with Crippen molar-refractivity contribution >= 4 is 5.91 Å². The molecular formula is C31H61NO. The molecule has 196 valence electrons. The molecule has 0 aromatic heterocycles. The third kappa shape index (κ3) is 25.2. The molecule has 2 heteroatoms. The first-order valence-electron chi connectivity index (χ1n) is 15.2. The maximum Gasteiger partial charge on any atom is 0.243 e. The molecule has 0 aliphatic rings. The number of amides is 1. The van der Waals surface area contributed by atoms with Crippen LogP contribution in [0.4, 0.5) is 0 Å². The van der Waals surface area contributed by atoms with Crippen molar-refractivity contribution in [3.63, 3.8) is 0 Å². The number of carbonyl (C=O) groups excluding carboxylic acids is 1. The van der Waals surface area contributed by atoms with Crippen LogP contribution in [0.25, 0.3) is 0 Å². The van der Waals surface area contributed by atoms with Crippen LogP contribution >= 0.6 is 0 Å². The fraction of sp³-hybridized carbons (Fsp3) is 0.774. The Kier molecular flexibility index (Phi) is 21.5. The Morgan fingerprint density at radius 3 is 1.67 bits per heavy atom. The lowest BCUT2D eigenvalue weighted by molar-refractivity contribution is -0.116. The molecular weight excluding hydrogens is 402 g/mol. The summed E-state index contributed by atoms with van der Waals surface area (Å²) < 4.78 is 10.0. The van der Waals surface area contributed by atoms with E-state index in [0.29, 0.717) is 0 Å². The molecule has 0 aliphatic heterocycles. The first-order chi connectivity index (χ1) is 17.0. The predicted octanol–water partition coefficient (Wildman–Crippen LogP) is 10.5. The highest BCUT2D eigenvalue weighted by atomic mass is 16.1. The Balaban J connectivity index is -0.00000353. The summed E-state index contributed by atoms with van der Waals surface area (Å²) in [6, 6.07) is 0. The third-order valence-electron chi connectivity index (χ3n) is 6.33. The number of carbonyl (C=O) groups is 1. The van der Waals surface area contributed by atoms with Gasteiger partial charge in [-0.25, -0.2) is 0 Å². The van der Waals surface area contributed by atoms with Gasteiger partial charge in [-0.15, -0.1) is 0 Å². The maximum atomic E-state index is 12.1. The summed E-state index contributed by atoms with van der Waals surface area (Å²) >= 11 is 0. The summed E-state index contributed by atoms with van der Waals surface area (Å²) in [5.74, 6) is 0.0754. The highest BCUT2D eigenvalue weighted by Crippen LogP contribution is 2.13. The monoisotopic (exact) mass is 468 g/mol. The van der Waals surface area contributed by atoms with Gasteiger partial charge in [0.05, 0.1) is 0 Å². The molecule has 0 saturated heterocycles. The van der Waals surface area contributed by atoms with E-state index < -0.39 is 0 Å². The van der Waals surface area contributed by atoms with E-state index in [1.165, 1.54) is 100 Å². The van der Waals surface area contributed by atoms with E-state index in [1.54, 1.807) is 6.08 Å². The minimum Gasteiger partial charge on any atom is -0.353 e. The highest BCUT2D eigenvalue weighted by Gasteiger charge is 1.99. The first-order valence-corrected chi connectivity index (χ1v) is 14.2. The number of unbranched alkanes of at least 4 members (excludes halogenated alkanes) is 13. The molecule has 0 fully saturated rings. The summed E-state index contributed by atoms with van der Waals surface area (Å²) in [4.78, 5) is 12.1. The molecule has 0 heterocycles. The van der Waals surface area contributed by atoms with Crippen LogP contribution in [0.2, 0.25) is 0 Å². The van der Waals surface area contributed by atoms with Gasteiger partial charge in [0, 0.05) is 17.0 Å². The van der Waals surface area contributed by atoms with Crippen LogP contribution in [-0.2, 0) is 4.79 Å². The lowest BCUT2D eigenvalue weighted by atomic mass is 10.0. The summed E-state index contributed by atoms with van der Waals surface area (Å²) in [7, 11) is 0. The van der Waals surface area contributed by atoms with Gasteiger partial charge in [0.2, 0.25) is 5.91 Å². The van der Waals surface area contributed by atoms with Crippen LogP contribution in [0.3, 0.4) is 0 Å². The zero-order valence-electron chi connectivity index (χ0n) is 25.1. The van der Waals surface area contributed by atoms with Crippen molar-refractivity contribution in [2.45, 2.75) is 150 Å². The fourth-order valence-corrected chi connectivity index (χ4v) is 4.11. The second kappa shape index (κ2) is 23.8. The molecule has 0 aromatic rings. The van der Waals surface area contributed by atoms with Gasteiger partial charge >= 0.3 is 0 Å². The van der Waals surface area contributed by atoms with Gasteiger partial charge in [-0.05, 0) is 59.8 Å². The van der Waals surface area contributed by atoms with Crippen molar-refractivity contribution in [1.82, 2.24) is 5.32 Å². The van der Waals surface area contributed by atoms with Crippen LogP contribution in [0.15, 0.2) is 34.9 Å². The Bertz CT molecular complexity index is 566. The lowest BCUT2D eigenvalue weighted by Crippen LogP contribution is -2.22. The number of nitrogens with one attached hydrogen (secondary N) is 1. The van der Waals surface area contributed by atoms with Crippen molar-refractivity contribution in [1.29, 1.82) is 0 Å². The zero-order valence-corrected chi connectivity index (χ0v) is 23.1. The SMILES string of the molecule is CCCCCCCCCCCCCCCCNC(=O)/C=C(\C)CC/C=C(\C)CCC=C(C)C.[2H][3H].[3HH]. The van der Waals surface area contributed by atoms with Crippen LogP contribution in [0, 0.1) is 0 Å². The molecule has 0 aromatic carbocycles. The number of rotatable bonds is 22. The normalized spacial score (nSPS) is 12.4. The molecule has 0 saturated carbocycles. The Morgan fingerprint density at radius 1 is 0.697 bits per heavy atom. The van der Waals surface area contributed by atoms with Crippen LogP contribution in [0.1, 0.15) is 155 Å². The molecule has 0 unspecified atom stereocenters. The average Bonchev–Trinajstić information content (AvgIpc) is 2.82. The van der Waals surface area contributed by atoms with Gasteiger partial charge in [-0.1, -0.05) is 119 Å². The molecule has 0 bridgehead atoms. The van der Waals surface area contributed by atoms with E-state index in [9.17, 15) is 4.79 Å². The largest absolute Gasteiger partial charge is 0.353 e. The van der Waals surface area contributed by atoms with Gasteiger partial charge in [0.1, 0.15) is 0 Å². The van der Waals surface area contributed by atoms with Crippen molar-refractivity contribution in [2.75, 3.05) is 6.54 Å². The van der Waals surface area contributed by atoms with Gasteiger partial charge in [0.25, 0.3) is 0 Å². The molecule has 0 rings (SSSR count). The molecule has 1 amide bonds. The summed E-state index contributed by atoms with van der Waals surface area (Å²) in [5.41, 5.74) is 4.01. The summed E-state index contributed by atoms with van der Waals surface area (Å²) in [5, 5.41) is 3.06. The van der Waals surface area contributed by atoms with E-state index in [-0.39, 0.29) is 7.33 Å². The van der Waals surface area contributed by atoms with E-state index in [1.807, 2.05) is 0 Å². The molecule has 0 radical (unpaired) electrons. The molecule has 1 N–H and O–H groups in total. The average molecular weight is 469 g/mol. The van der Waals surface area contributed by atoms with Crippen LogP contribution in [0.5, 0.6) is 0 Å². The topological polar surface area (TPSA) is 29.1 Å². The van der Waals surface area contributed by atoms with Crippen molar-refractivity contribution < 1.29 is 9.19 Å². The molecule has 0 aliphatic carbocycles. The van der Waals surface area contributed by atoms with E-state index in [0.717, 1.165) is 38.6 Å². The maximum absolute atomic E-state index is 12.1. The Labute approximate surface area is 212 Å². The van der Waals surface area contributed by atoms with Gasteiger partial charge in [-0.3, -0.25) is 4.79 Å². The molecule has 2 nitrogen and oxygen atoms in total. The fourth-order valence-electron chi connectivity index (χ4n) is 4.11. The summed E-state index contributed by atoms with van der Waals surface area (Å²) in [6.07, 6.45) is 29.8. The van der Waals surface area contributed by atoms with Crippen molar-refractivity contribution in [2.24, 2.45) is 0 Å². The summed E-state index contributed by atoms with van der Waals surface area (Å²) in [6.45, 7) is 11.7. The molecule has 33 heavy (non-hydrogen) atoms. The minimum atomic E-state index is 0. The van der Waals surface area contributed by atoms with Gasteiger partial charge in [-0.2, -0.15) is 0 Å². The van der Waals surface area contributed by atoms with E-state index in [4.69, 9.17) is 2.97 Å². The number of hydrogen-bond donors (Lipinski definition) is 1. The third-order valence-corrected chi connectivity index (χ3v) is 6.33. The van der Waals surface area contributed by atoms with Gasteiger partial charge < -0.3 is 5.32 Å². The van der Waals surface area contributed by atoms with Gasteiger partial charge in [0.15, 0.2) is 0 Å². The number of allylic oxidation sites excluding steroid dienone is 5. The Morgan fingerprint density at radius 2 is 1.15 bits per heavy atom. The van der Waals surface area contributed by atoms with Crippen molar-refractivity contribution in [3.8, 4) is 0 Å². The first kappa shape index (κ1) is 29.7. The molecule has 0 atom stereocenters.